The summed E-state index contributed by atoms with van der Waals surface area (Å²) >= 11 is 0. The summed E-state index contributed by atoms with van der Waals surface area (Å²) in [4.78, 5) is 24.5. The van der Waals surface area contributed by atoms with Gasteiger partial charge in [0, 0.05) is 18.3 Å². The van der Waals surface area contributed by atoms with Gasteiger partial charge in [-0.2, -0.15) is 0 Å². The van der Waals surface area contributed by atoms with Crippen LogP contribution < -0.4 is 0 Å². The van der Waals surface area contributed by atoms with Crippen molar-refractivity contribution in [2.75, 3.05) is 0 Å². The van der Waals surface area contributed by atoms with Gasteiger partial charge in [0.15, 0.2) is 5.56 Å². The first-order valence-corrected chi connectivity index (χ1v) is 4.94. The smallest absolute Gasteiger partial charge is 0.258 e. The van der Waals surface area contributed by atoms with Crippen molar-refractivity contribution in [2.24, 2.45) is 0 Å². The zero-order chi connectivity index (χ0) is 13.1. The zero-order valence-corrected chi connectivity index (χ0v) is 9.02. The van der Waals surface area contributed by atoms with Crippen LogP contribution >= 0.6 is 0 Å². The van der Waals surface area contributed by atoms with E-state index in [4.69, 9.17) is 0 Å². The lowest BCUT2D eigenvalue weighted by Gasteiger charge is -2.03. The van der Waals surface area contributed by atoms with Gasteiger partial charge in [0.2, 0.25) is 0 Å². The highest BCUT2D eigenvalue weighted by Gasteiger charge is 2.26. The number of nitrogens with zero attached hydrogens (tertiary/aromatic N) is 3. The van der Waals surface area contributed by atoms with Gasteiger partial charge in [-0.25, -0.2) is 0 Å². The predicted molar refractivity (Wildman–Crippen MR) is 63.0 cm³/mol. The van der Waals surface area contributed by atoms with E-state index < -0.39 is 9.85 Å². The lowest BCUT2D eigenvalue weighted by molar-refractivity contribution is -0.392. The molecule has 0 unspecified atom stereocenters. The van der Waals surface area contributed by atoms with Crippen LogP contribution in [0.4, 0.5) is 11.4 Å². The van der Waals surface area contributed by atoms with E-state index in [-0.39, 0.29) is 22.6 Å². The van der Waals surface area contributed by atoms with Gasteiger partial charge in [-0.1, -0.05) is 6.07 Å². The van der Waals surface area contributed by atoms with Gasteiger partial charge >= 0.3 is 0 Å². The third-order valence-electron chi connectivity index (χ3n) is 2.33. The highest BCUT2D eigenvalue weighted by atomic mass is 16.6. The first-order chi connectivity index (χ1) is 8.61. The Kier molecular flexibility index (Phi) is 2.96. The lowest BCUT2D eigenvalue weighted by atomic mass is 10.1. The number of benzene rings is 1. The maximum atomic E-state index is 10.9. The van der Waals surface area contributed by atoms with Crippen molar-refractivity contribution in [3.63, 3.8) is 0 Å². The van der Waals surface area contributed by atoms with Crippen LogP contribution in [0, 0.1) is 20.2 Å². The molecule has 1 aromatic carbocycles. The van der Waals surface area contributed by atoms with Gasteiger partial charge in [0.25, 0.3) is 11.4 Å². The van der Waals surface area contributed by atoms with Gasteiger partial charge in [-0.3, -0.25) is 25.2 Å². The van der Waals surface area contributed by atoms with Gasteiger partial charge in [-0.15, -0.1) is 0 Å². The van der Waals surface area contributed by atoms with E-state index in [1.54, 1.807) is 12.1 Å². The fraction of sp³-hybridized carbons (Fsp3) is 0. The van der Waals surface area contributed by atoms with Crippen molar-refractivity contribution >= 4 is 11.4 Å². The third-order valence-corrected chi connectivity index (χ3v) is 2.33. The largest absolute Gasteiger partial charge is 0.285 e. The van der Waals surface area contributed by atoms with E-state index in [2.05, 4.69) is 4.98 Å². The molecule has 2 aromatic rings. The number of hydrogen-bond acceptors (Lipinski definition) is 5. The Hall–Kier alpha value is -2.83. The Morgan fingerprint density at radius 1 is 0.889 bits per heavy atom. The second kappa shape index (κ2) is 4.58. The summed E-state index contributed by atoms with van der Waals surface area (Å²) in [6.07, 6.45) is 1.43. The Morgan fingerprint density at radius 3 is 1.94 bits per heavy atom. The number of rotatable bonds is 3. The Balaban J connectivity index is 2.77. The monoisotopic (exact) mass is 245 g/mol. The van der Waals surface area contributed by atoms with Crippen molar-refractivity contribution < 1.29 is 9.85 Å². The molecule has 0 N–H and O–H groups in total. The second-order valence-corrected chi connectivity index (χ2v) is 3.40. The predicted octanol–water partition coefficient (Wildman–Crippen LogP) is 2.57. The van der Waals surface area contributed by atoms with Crippen LogP contribution in [0.3, 0.4) is 0 Å². The average molecular weight is 245 g/mol. The molecule has 0 saturated heterocycles. The summed E-state index contributed by atoms with van der Waals surface area (Å²) in [5, 5.41) is 21.9. The van der Waals surface area contributed by atoms with Crippen LogP contribution in [0.25, 0.3) is 11.3 Å². The summed E-state index contributed by atoms with van der Waals surface area (Å²) in [5.41, 5.74) is -0.532. The molecule has 0 amide bonds. The second-order valence-electron chi connectivity index (χ2n) is 3.40. The Labute approximate surface area is 101 Å². The van der Waals surface area contributed by atoms with Crippen LogP contribution in [-0.4, -0.2) is 14.8 Å². The molecule has 0 fully saturated rings. The molecule has 90 valence electrons. The normalized spacial score (nSPS) is 10.0. The van der Waals surface area contributed by atoms with E-state index in [1.165, 1.54) is 30.5 Å². The molecule has 0 bridgehead atoms. The van der Waals surface area contributed by atoms with Crippen molar-refractivity contribution in [3.05, 3.63) is 62.8 Å². The molecule has 0 spiro atoms. The quantitative estimate of drug-likeness (QED) is 0.611. The average Bonchev–Trinajstić information content (AvgIpc) is 2.38. The SMILES string of the molecule is O=[N+]([O-])c1cccc([N+](=O)[O-])c1-c1ccccn1. The van der Waals surface area contributed by atoms with E-state index in [9.17, 15) is 20.2 Å². The summed E-state index contributed by atoms with van der Waals surface area (Å²) in [6.45, 7) is 0. The number of nitro benzene ring substituents is 2. The topological polar surface area (TPSA) is 99.2 Å². The Morgan fingerprint density at radius 2 is 1.50 bits per heavy atom. The molecule has 1 aromatic heterocycles. The van der Waals surface area contributed by atoms with Crippen molar-refractivity contribution in [1.29, 1.82) is 0 Å². The number of pyridine rings is 1. The summed E-state index contributed by atoms with van der Waals surface area (Å²) in [7, 11) is 0. The van der Waals surface area contributed by atoms with Crippen LogP contribution in [-0.2, 0) is 0 Å². The fourth-order valence-electron chi connectivity index (χ4n) is 1.61. The minimum atomic E-state index is -0.656. The van der Waals surface area contributed by atoms with Gasteiger partial charge < -0.3 is 0 Å². The van der Waals surface area contributed by atoms with Crippen molar-refractivity contribution in [2.45, 2.75) is 0 Å². The first-order valence-electron chi connectivity index (χ1n) is 4.94. The van der Waals surface area contributed by atoms with E-state index in [0.717, 1.165) is 0 Å². The van der Waals surface area contributed by atoms with Gasteiger partial charge in [0.05, 0.1) is 15.5 Å². The molecule has 0 aliphatic carbocycles. The van der Waals surface area contributed by atoms with Crippen molar-refractivity contribution in [3.8, 4) is 11.3 Å². The summed E-state index contributed by atoms with van der Waals surface area (Å²) < 4.78 is 0. The third kappa shape index (κ3) is 2.01. The van der Waals surface area contributed by atoms with E-state index >= 15 is 0 Å². The van der Waals surface area contributed by atoms with Gasteiger partial charge in [-0.05, 0) is 18.2 Å². The maximum absolute atomic E-state index is 10.9. The number of nitro groups is 2. The standard InChI is InChI=1S/C11H7N3O4/c15-13(16)9-5-3-6-10(14(17)18)11(9)8-4-1-2-7-12-8/h1-7H. The molecule has 0 aliphatic heterocycles. The highest BCUT2D eigenvalue weighted by molar-refractivity contribution is 5.79. The van der Waals surface area contributed by atoms with E-state index in [0.29, 0.717) is 0 Å². The van der Waals surface area contributed by atoms with Gasteiger partial charge in [0.1, 0.15) is 0 Å². The Bertz CT molecular complexity index is 581. The molecule has 7 nitrogen and oxygen atoms in total. The summed E-state index contributed by atoms with van der Waals surface area (Å²) in [5.74, 6) is 0. The van der Waals surface area contributed by atoms with E-state index in [1.807, 2.05) is 0 Å². The maximum Gasteiger partial charge on any atom is 0.285 e. The molecule has 0 aliphatic rings. The van der Waals surface area contributed by atoms with Crippen LogP contribution in [0.15, 0.2) is 42.6 Å². The molecule has 1 heterocycles. The molecule has 0 radical (unpaired) electrons. The molecule has 18 heavy (non-hydrogen) atoms. The minimum Gasteiger partial charge on any atom is -0.258 e. The number of hydrogen-bond donors (Lipinski definition) is 0. The van der Waals surface area contributed by atoms with Crippen LogP contribution in [0.1, 0.15) is 0 Å². The minimum absolute atomic E-state index is 0.0758. The molecule has 7 heteroatoms. The van der Waals surface area contributed by atoms with Crippen LogP contribution in [0.5, 0.6) is 0 Å². The summed E-state index contributed by atoms with van der Waals surface area (Å²) in [6, 6.07) is 8.46. The fourth-order valence-corrected chi connectivity index (χ4v) is 1.61. The molecule has 0 atom stereocenters. The molecule has 2 rings (SSSR count). The molecule has 0 saturated carbocycles. The van der Waals surface area contributed by atoms with Crippen LogP contribution in [0.2, 0.25) is 0 Å². The molecular weight excluding hydrogens is 238 g/mol. The first kappa shape index (κ1) is 11.6. The molecular formula is C11H7N3O4. The number of aromatic nitrogens is 1. The lowest BCUT2D eigenvalue weighted by Crippen LogP contribution is -1.98. The highest BCUT2D eigenvalue weighted by Crippen LogP contribution is 2.36. The van der Waals surface area contributed by atoms with Crippen molar-refractivity contribution in [1.82, 2.24) is 4.98 Å². The zero-order valence-electron chi connectivity index (χ0n) is 9.02.